The van der Waals surface area contributed by atoms with E-state index < -0.39 is 0 Å². The van der Waals surface area contributed by atoms with Gasteiger partial charge in [-0.3, -0.25) is 4.79 Å². The molecule has 1 aromatic rings. The number of rotatable bonds is 1. The number of halogens is 1. The molecular weight excluding hydrogens is 286 g/mol. The van der Waals surface area contributed by atoms with E-state index >= 15 is 0 Å². The average Bonchev–Trinajstić information content (AvgIpc) is 3.00. The Balaban J connectivity index is 1.94. The standard InChI is InChI=1S/C16H14ClN3O/c1-9-6-12-14(7-9)18-8-13-15(12)19-20(16(13)21)11-4-2-10(17)3-5-11/h2-5,8-9,18H,6-7H2,1H3. The smallest absolute Gasteiger partial charge is 0.282 e. The molecule has 0 spiro atoms. The van der Waals surface area contributed by atoms with Gasteiger partial charge >= 0.3 is 0 Å². The lowest BCUT2D eigenvalue weighted by molar-refractivity contribution is 0.623. The number of fused-ring (bicyclic) bond motifs is 3. The van der Waals surface area contributed by atoms with Gasteiger partial charge in [0.05, 0.1) is 11.3 Å². The normalized spacial score (nSPS) is 17.3. The van der Waals surface area contributed by atoms with Gasteiger partial charge in [-0.1, -0.05) is 18.5 Å². The summed E-state index contributed by atoms with van der Waals surface area (Å²) in [6.45, 7) is 2.22. The fraction of sp³-hybridized carbons (Fsp3) is 0.250. The minimum atomic E-state index is -0.0917. The second-order valence-electron chi connectivity index (χ2n) is 5.71. The van der Waals surface area contributed by atoms with E-state index in [0.29, 0.717) is 16.5 Å². The van der Waals surface area contributed by atoms with E-state index in [2.05, 4.69) is 17.0 Å². The summed E-state index contributed by atoms with van der Waals surface area (Å²) in [5.74, 6) is 0.595. The molecule has 1 aliphatic carbocycles. The molecule has 2 heterocycles. The van der Waals surface area contributed by atoms with Gasteiger partial charge in [0.15, 0.2) is 0 Å². The third-order valence-electron chi connectivity index (χ3n) is 4.10. The number of hydrogen-bond donors (Lipinski definition) is 1. The lowest BCUT2D eigenvalue weighted by atomic mass is 10.1. The van der Waals surface area contributed by atoms with Crippen molar-refractivity contribution < 1.29 is 0 Å². The van der Waals surface area contributed by atoms with Crippen molar-refractivity contribution in [1.82, 2.24) is 14.8 Å². The third-order valence-corrected chi connectivity index (χ3v) is 4.35. The Kier molecular flexibility index (Phi) is 2.69. The highest BCUT2D eigenvalue weighted by molar-refractivity contribution is 6.30. The van der Waals surface area contributed by atoms with E-state index in [1.165, 1.54) is 15.9 Å². The number of benzene rings is 1. The first-order valence-corrected chi connectivity index (χ1v) is 7.39. The monoisotopic (exact) mass is 299 g/mol. The van der Waals surface area contributed by atoms with Crippen molar-refractivity contribution in [2.45, 2.75) is 19.8 Å². The molecular formula is C16H14ClN3O. The van der Waals surface area contributed by atoms with Gasteiger partial charge in [0, 0.05) is 22.5 Å². The Bertz CT molecular complexity index is 847. The Morgan fingerprint density at radius 1 is 1.29 bits per heavy atom. The van der Waals surface area contributed by atoms with Crippen LogP contribution < -0.4 is 5.56 Å². The van der Waals surface area contributed by atoms with Gasteiger partial charge in [0.25, 0.3) is 5.56 Å². The van der Waals surface area contributed by atoms with E-state index in [-0.39, 0.29) is 5.56 Å². The van der Waals surface area contributed by atoms with E-state index in [0.717, 1.165) is 24.2 Å². The summed E-state index contributed by atoms with van der Waals surface area (Å²) in [4.78, 5) is 15.8. The van der Waals surface area contributed by atoms with Crippen LogP contribution in [-0.2, 0) is 12.8 Å². The summed E-state index contributed by atoms with van der Waals surface area (Å²) >= 11 is 5.90. The molecule has 1 aromatic carbocycles. The number of aromatic nitrogens is 3. The van der Waals surface area contributed by atoms with Crippen LogP contribution in [-0.4, -0.2) is 14.8 Å². The summed E-state index contributed by atoms with van der Waals surface area (Å²) in [5.41, 5.74) is 4.51. The molecule has 1 unspecified atom stereocenters. The van der Waals surface area contributed by atoms with Crippen molar-refractivity contribution in [3.05, 3.63) is 57.1 Å². The van der Waals surface area contributed by atoms with Crippen LogP contribution in [0.25, 0.3) is 16.9 Å². The second kappa shape index (κ2) is 4.46. The van der Waals surface area contributed by atoms with Crippen LogP contribution in [0.15, 0.2) is 35.3 Å². The number of H-pyrrole nitrogens is 1. The Hall–Kier alpha value is -2.07. The third kappa shape index (κ3) is 1.90. The Morgan fingerprint density at radius 3 is 2.81 bits per heavy atom. The maximum atomic E-state index is 12.5. The molecule has 1 N–H and O–H groups in total. The zero-order valence-corrected chi connectivity index (χ0v) is 12.3. The summed E-state index contributed by atoms with van der Waals surface area (Å²) in [7, 11) is 0. The van der Waals surface area contributed by atoms with E-state index in [9.17, 15) is 4.79 Å². The summed E-state index contributed by atoms with van der Waals surface area (Å²) < 4.78 is 1.46. The molecule has 0 radical (unpaired) electrons. The molecule has 0 bridgehead atoms. The highest BCUT2D eigenvalue weighted by Crippen LogP contribution is 2.32. The molecule has 5 heteroatoms. The molecule has 1 atom stereocenters. The maximum absolute atomic E-state index is 12.5. The highest BCUT2D eigenvalue weighted by atomic mass is 35.5. The van der Waals surface area contributed by atoms with Crippen molar-refractivity contribution in [2.75, 3.05) is 0 Å². The van der Waals surface area contributed by atoms with Crippen LogP contribution in [0, 0.1) is 5.92 Å². The minimum Gasteiger partial charge on any atom is -0.364 e. The van der Waals surface area contributed by atoms with Crippen molar-refractivity contribution in [2.24, 2.45) is 5.92 Å². The first kappa shape index (κ1) is 12.7. The molecule has 0 aromatic heterocycles. The SMILES string of the molecule is CC1Cc2[nH]cc3c(=O)n(-c4ccc(Cl)cc4)nc-3c2C1. The van der Waals surface area contributed by atoms with E-state index in [1.807, 2.05) is 12.1 Å². The van der Waals surface area contributed by atoms with Gasteiger partial charge in [-0.05, 0) is 43.0 Å². The largest absolute Gasteiger partial charge is 0.364 e. The van der Waals surface area contributed by atoms with Gasteiger partial charge in [0.1, 0.15) is 5.69 Å². The van der Waals surface area contributed by atoms with Crippen LogP contribution in [0.4, 0.5) is 0 Å². The number of pyridine rings is 1. The van der Waals surface area contributed by atoms with Crippen LogP contribution in [0.1, 0.15) is 18.2 Å². The Labute approximate surface area is 126 Å². The topological polar surface area (TPSA) is 50.7 Å². The summed E-state index contributed by atoms with van der Waals surface area (Å²) in [6, 6.07) is 7.15. The van der Waals surface area contributed by atoms with Crippen LogP contribution in [0.2, 0.25) is 5.02 Å². The quantitative estimate of drug-likeness (QED) is 0.751. The van der Waals surface area contributed by atoms with Crippen LogP contribution in [0.5, 0.6) is 0 Å². The zero-order valence-electron chi connectivity index (χ0n) is 11.6. The number of hydrogen-bond acceptors (Lipinski definition) is 2. The highest BCUT2D eigenvalue weighted by Gasteiger charge is 2.27. The van der Waals surface area contributed by atoms with Crippen molar-refractivity contribution in [3.8, 4) is 16.9 Å². The molecule has 0 amide bonds. The molecule has 21 heavy (non-hydrogen) atoms. The van der Waals surface area contributed by atoms with Crippen molar-refractivity contribution >= 4 is 11.6 Å². The van der Waals surface area contributed by atoms with Gasteiger partial charge in [-0.2, -0.15) is 9.78 Å². The average molecular weight is 300 g/mol. The predicted molar refractivity (Wildman–Crippen MR) is 82.4 cm³/mol. The van der Waals surface area contributed by atoms with E-state index in [4.69, 9.17) is 11.6 Å². The van der Waals surface area contributed by atoms with E-state index in [1.54, 1.807) is 18.3 Å². The van der Waals surface area contributed by atoms with Gasteiger partial charge in [-0.15, -0.1) is 0 Å². The number of aromatic amines is 1. The van der Waals surface area contributed by atoms with Gasteiger partial charge < -0.3 is 4.98 Å². The molecule has 4 nitrogen and oxygen atoms in total. The fourth-order valence-electron chi connectivity index (χ4n) is 3.09. The lowest BCUT2D eigenvalue weighted by Crippen LogP contribution is -2.14. The maximum Gasteiger partial charge on any atom is 0.282 e. The zero-order chi connectivity index (χ0) is 14.6. The van der Waals surface area contributed by atoms with Crippen LogP contribution in [0.3, 0.4) is 0 Å². The summed E-state index contributed by atoms with van der Waals surface area (Å²) in [6.07, 6.45) is 3.78. The summed E-state index contributed by atoms with van der Waals surface area (Å²) in [5, 5.41) is 5.20. The van der Waals surface area contributed by atoms with Crippen molar-refractivity contribution in [3.63, 3.8) is 0 Å². The molecule has 0 fully saturated rings. The number of nitrogens with zero attached hydrogens (tertiary/aromatic N) is 2. The lowest BCUT2D eigenvalue weighted by Gasteiger charge is -2.03. The number of nitrogens with one attached hydrogen (secondary N) is 1. The van der Waals surface area contributed by atoms with Gasteiger partial charge in [0.2, 0.25) is 0 Å². The second-order valence-corrected chi connectivity index (χ2v) is 6.15. The van der Waals surface area contributed by atoms with Crippen LogP contribution >= 0.6 is 11.6 Å². The first-order valence-electron chi connectivity index (χ1n) is 7.01. The molecule has 3 aliphatic rings. The molecule has 106 valence electrons. The molecule has 0 saturated heterocycles. The fourth-order valence-corrected chi connectivity index (χ4v) is 3.21. The predicted octanol–water partition coefficient (Wildman–Crippen LogP) is 3.05. The molecule has 2 aliphatic heterocycles. The molecule has 4 rings (SSSR count). The molecule has 0 saturated carbocycles. The van der Waals surface area contributed by atoms with Crippen molar-refractivity contribution in [1.29, 1.82) is 0 Å². The van der Waals surface area contributed by atoms with Gasteiger partial charge in [-0.25, -0.2) is 0 Å². The Morgan fingerprint density at radius 2 is 2.05 bits per heavy atom. The minimum absolute atomic E-state index is 0.0917. The first-order chi connectivity index (χ1) is 10.1.